The average Bonchev–Trinajstić information content (AvgIpc) is 2.16. The first-order valence-electron chi connectivity index (χ1n) is 3.84. The third kappa shape index (κ3) is 2.26. The second kappa shape index (κ2) is 4.35. The van der Waals surface area contributed by atoms with E-state index in [1.807, 2.05) is 0 Å². The summed E-state index contributed by atoms with van der Waals surface area (Å²) in [5, 5.41) is 9.44. The van der Waals surface area contributed by atoms with Gasteiger partial charge in [0.2, 0.25) is 0 Å². The SMILES string of the molecule is COc1ccc(N(C)CO)c(Cl)c1. The van der Waals surface area contributed by atoms with Crippen molar-refractivity contribution >= 4 is 17.3 Å². The van der Waals surface area contributed by atoms with Crippen molar-refractivity contribution in [2.75, 3.05) is 25.8 Å². The van der Waals surface area contributed by atoms with Gasteiger partial charge in [0.15, 0.2) is 0 Å². The van der Waals surface area contributed by atoms with Crippen LogP contribution in [0.25, 0.3) is 0 Å². The fraction of sp³-hybridized carbons (Fsp3) is 0.333. The lowest BCUT2D eigenvalue weighted by Crippen LogP contribution is -2.17. The Labute approximate surface area is 82.5 Å². The molecule has 0 atom stereocenters. The molecular formula is C9H12ClNO2. The topological polar surface area (TPSA) is 32.7 Å². The molecule has 0 fully saturated rings. The van der Waals surface area contributed by atoms with Crippen LogP contribution in [-0.2, 0) is 0 Å². The van der Waals surface area contributed by atoms with E-state index in [2.05, 4.69) is 0 Å². The molecule has 0 aromatic heterocycles. The zero-order valence-corrected chi connectivity index (χ0v) is 8.38. The van der Waals surface area contributed by atoms with Crippen LogP contribution in [0.15, 0.2) is 18.2 Å². The van der Waals surface area contributed by atoms with Gasteiger partial charge in [0, 0.05) is 13.1 Å². The standard InChI is InChI=1S/C9H12ClNO2/c1-11(6-12)9-4-3-7(13-2)5-8(9)10/h3-5,12H,6H2,1-2H3. The molecular weight excluding hydrogens is 190 g/mol. The van der Waals surface area contributed by atoms with E-state index in [1.165, 1.54) is 0 Å². The molecule has 0 aliphatic heterocycles. The van der Waals surface area contributed by atoms with Gasteiger partial charge >= 0.3 is 0 Å². The van der Waals surface area contributed by atoms with Gasteiger partial charge in [-0.1, -0.05) is 11.6 Å². The number of halogens is 1. The Hall–Kier alpha value is -0.930. The molecule has 0 aliphatic carbocycles. The predicted molar refractivity (Wildman–Crippen MR) is 53.5 cm³/mol. The maximum absolute atomic E-state index is 8.88. The van der Waals surface area contributed by atoms with E-state index in [4.69, 9.17) is 21.4 Å². The molecule has 0 radical (unpaired) electrons. The second-order valence-electron chi connectivity index (χ2n) is 2.66. The molecule has 1 aromatic rings. The molecule has 0 amide bonds. The van der Waals surface area contributed by atoms with Crippen molar-refractivity contribution in [3.05, 3.63) is 23.2 Å². The fourth-order valence-electron chi connectivity index (χ4n) is 1.00. The van der Waals surface area contributed by atoms with Crippen molar-refractivity contribution in [1.82, 2.24) is 0 Å². The van der Waals surface area contributed by atoms with Crippen LogP contribution in [0.5, 0.6) is 5.75 Å². The van der Waals surface area contributed by atoms with Crippen molar-refractivity contribution in [3.63, 3.8) is 0 Å². The van der Waals surface area contributed by atoms with E-state index in [0.717, 1.165) is 5.69 Å². The third-order valence-electron chi connectivity index (χ3n) is 1.78. The smallest absolute Gasteiger partial charge is 0.120 e. The van der Waals surface area contributed by atoms with Gasteiger partial charge in [-0.3, -0.25) is 0 Å². The number of hydrogen-bond donors (Lipinski definition) is 1. The first kappa shape index (κ1) is 10.2. The molecule has 1 N–H and O–H groups in total. The summed E-state index contributed by atoms with van der Waals surface area (Å²) < 4.78 is 5.00. The van der Waals surface area contributed by atoms with E-state index in [0.29, 0.717) is 10.8 Å². The van der Waals surface area contributed by atoms with Crippen molar-refractivity contribution < 1.29 is 9.84 Å². The zero-order chi connectivity index (χ0) is 9.84. The fourth-order valence-corrected chi connectivity index (χ4v) is 1.32. The van der Waals surface area contributed by atoms with Crippen LogP contribution in [0.3, 0.4) is 0 Å². The minimum absolute atomic E-state index is 0.0634. The lowest BCUT2D eigenvalue weighted by Gasteiger charge is -2.17. The summed E-state index contributed by atoms with van der Waals surface area (Å²) in [6.07, 6.45) is 0. The van der Waals surface area contributed by atoms with Gasteiger partial charge in [-0.05, 0) is 12.1 Å². The summed E-state index contributed by atoms with van der Waals surface area (Å²) in [5.74, 6) is 0.708. The van der Waals surface area contributed by atoms with Gasteiger partial charge in [-0.25, -0.2) is 0 Å². The predicted octanol–water partition coefficient (Wildman–Crippen LogP) is 1.73. The van der Waals surface area contributed by atoms with Crippen molar-refractivity contribution in [2.45, 2.75) is 0 Å². The highest BCUT2D eigenvalue weighted by atomic mass is 35.5. The molecule has 0 bridgehead atoms. The highest BCUT2D eigenvalue weighted by Crippen LogP contribution is 2.28. The maximum atomic E-state index is 8.88. The second-order valence-corrected chi connectivity index (χ2v) is 3.06. The number of hydrogen-bond acceptors (Lipinski definition) is 3. The van der Waals surface area contributed by atoms with E-state index in [9.17, 15) is 0 Å². The minimum atomic E-state index is -0.0634. The van der Waals surface area contributed by atoms with Crippen molar-refractivity contribution in [3.8, 4) is 5.75 Å². The van der Waals surface area contributed by atoms with Crippen LogP contribution in [0.4, 0.5) is 5.69 Å². The number of anilines is 1. The molecule has 0 unspecified atom stereocenters. The lowest BCUT2D eigenvalue weighted by atomic mass is 10.3. The van der Waals surface area contributed by atoms with Crippen LogP contribution in [-0.4, -0.2) is 26.0 Å². The Balaban J connectivity index is 2.98. The number of aliphatic hydroxyl groups is 1. The summed E-state index contributed by atoms with van der Waals surface area (Å²) >= 11 is 5.95. The van der Waals surface area contributed by atoms with Crippen LogP contribution < -0.4 is 9.64 Å². The summed E-state index contributed by atoms with van der Waals surface area (Å²) in [6, 6.07) is 5.31. The number of methoxy groups -OCH3 is 1. The van der Waals surface area contributed by atoms with E-state index in [1.54, 1.807) is 37.3 Å². The molecule has 72 valence electrons. The van der Waals surface area contributed by atoms with Gasteiger partial charge in [-0.15, -0.1) is 0 Å². The molecule has 0 spiro atoms. The quantitative estimate of drug-likeness (QED) is 0.757. The molecule has 0 saturated heterocycles. The van der Waals surface area contributed by atoms with Gasteiger partial charge in [0.1, 0.15) is 12.5 Å². The monoisotopic (exact) mass is 201 g/mol. The van der Waals surface area contributed by atoms with Gasteiger partial charge in [-0.2, -0.15) is 0 Å². The molecule has 0 heterocycles. The molecule has 0 saturated carbocycles. The van der Waals surface area contributed by atoms with Crippen molar-refractivity contribution in [2.24, 2.45) is 0 Å². The Kier molecular flexibility index (Phi) is 3.39. The zero-order valence-electron chi connectivity index (χ0n) is 7.62. The molecule has 3 nitrogen and oxygen atoms in total. The van der Waals surface area contributed by atoms with Crippen molar-refractivity contribution in [1.29, 1.82) is 0 Å². The summed E-state index contributed by atoms with van der Waals surface area (Å²) in [4.78, 5) is 1.64. The van der Waals surface area contributed by atoms with Gasteiger partial charge in [0.05, 0.1) is 17.8 Å². The van der Waals surface area contributed by atoms with Crippen LogP contribution in [0, 0.1) is 0 Å². The Morgan fingerprint density at radius 2 is 2.23 bits per heavy atom. The maximum Gasteiger partial charge on any atom is 0.120 e. The van der Waals surface area contributed by atoms with Gasteiger partial charge < -0.3 is 14.7 Å². The normalized spacial score (nSPS) is 9.85. The average molecular weight is 202 g/mol. The molecule has 4 heteroatoms. The number of ether oxygens (including phenoxy) is 1. The van der Waals surface area contributed by atoms with E-state index in [-0.39, 0.29) is 6.73 Å². The Morgan fingerprint density at radius 1 is 1.54 bits per heavy atom. The summed E-state index contributed by atoms with van der Waals surface area (Å²) in [7, 11) is 3.34. The molecule has 13 heavy (non-hydrogen) atoms. The molecule has 1 rings (SSSR count). The first-order valence-corrected chi connectivity index (χ1v) is 4.22. The minimum Gasteiger partial charge on any atom is -0.497 e. The number of rotatable bonds is 3. The highest BCUT2D eigenvalue weighted by molar-refractivity contribution is 6.33. The van der Waals surface area contributed by atoms with Crippen LogP contribution in [0.2, 0.25) is 5.02 Å². The Morgan fingerprint density at radius 3 is 2.69 bits per heavy atom. The lowest BCUT2D eigenvalue weighted by molar-refractivity contribution is 0.298. The number of aliphatic hydroxyl groups excluding tert-OH is 1. The highest BCUT2D eigenvalue weighted by Gasteiger charge is 2.05. The summed E-state index contributed by atoms with van der Waals surface area (Å²) in [6.45, 7) is -0.0634. The molecule has 0 aliphatic rings. The largest absolute Gasteiger partial charge is 0.497 e. The Bertz CT molecular complexity index is 291. The van der Waals surface area contributed by atoms with Gasteiger partial charge in [0.25, 0.3) is 0 Å². The number of nitrogens with zero attached hydrogens (tertiary/aromatic N) is 1. The summed E-state index contributed by atoms with van der Waals surface area (Å²) in [5.41, 5.74) is 0.782. The van der Waals surface area contributed by atoms with Crippen LogP contribution in [0.1, 0.15) is 0 Å². The van der Waals surface area contributed by atoms with Crippen LogP contribution >= 0.6 is 11.6 Å². The van der Waals surface area contributed by atoms with E-state index < -0.39 is 0 Å². The number of benzene rings is 1. The van der Waals surface area contributed by atoms with E-state index >= 15 is 0 Å². The molecule has 1 aromatic carbocycles. The first-order chi connectivity index (χ1) is 6.19. The third-order valence-corrected chi connectivity index (χ3v) is 2.08.